The van der Waals surface area contributed by atoms with E-state index in [1.54, 1.807) is 11.3 Å². The molecule has 0 bridgehead atoms. The second-order valence-electron chi connectivity index (χ2n) is 7.05. The Morgan fingerprint density at radius 3 is 2.37 bits per heavy atom. The van der Waals surface area contributed by atoms with E-state index < -0.39 is 0 Å². The van der Waals surface area contributed by atoms with Crippen LogP contribution >= 0.6 is 27.3 Å². The Balaban J connectivity index is 1.53. The second kappa shape index (κ2) is 8.13. The fourth-order valence-electron chi connectivity index (χ4n) is 3.56. The van der Waals surface area contributed by atoms with Gasteiger partial charge in [-0.15, -0.1) is 11.3 Å². The minimum atomic E-state index is -0.238. The van der Waals surface area contributed by atoms with Crippen molar-refractivity contribution in [2.75, 3.05) is 5.01 Å². The van der Waals surface area contributed by atoms with Gasteiger partial charge >= 0.3 is 0 Å². The van der Waals surface area contributed by atoms with E-state index in [0.717, 1.165) is 44.1 Å². The van der Waals surface area contributed by atoms with Gasteiger partial charge in [0.15, 0.2) is 0 Å². The first-order chi connectivity index (χ1) is 14.7. The lowest BCUT2D eigenvalue weighted by atomic mass is 9.98. The Labute approximate surface area is 186 Å². The third kappa shape index (κ3) is 3.80. The van der Waals surface area contributed by atoms with E-state index in [1.165, 1.54) is 12.1 Å². The van der Waals surface area contributed by atoms with Crippen LogP contribution in [0.1, 0.15) is 23.6 Å². The summed E-state index contributed by atoms with van der Waals surface area (Å²) in [6.07, 6.45) is 0.730. The maximum atomic E-state index is 13.5. The largest absolute Gasteiger partial charge is 0.231 e. The first-order valence-electron chi connectivity index (χ1n) is 9.56. The van der Waals surface area contributed by atoms with Gasteiger partial charge in [0.2, 0.25) is 5.13 Å². The average molecular weight is 478 g/mol. The second-order valence-corrected chi connectivity index (χ2v) is 8.80. The fraction of sp³-hybridized carbons (Fsp3) is 0.0833. The number of rotatable bonds is 4. The molecule has 3 aromatic carbocycles. The third-order valence-corrected chi connectivity index (χ3v) is 6.46. The van der Waals surface area contributed by atoms with Crippen molar-refractivity contribution in [3.05, 3.63) is 106 Å². The molecule has 0 amide bonds. The molecule has 1 aromatic heterocycles. The molecule has 148 valence electrons. The van der Waals surface area contributed by atoms with E-state index in [0.29, 0.717) is 0 Å². The minimum Gasteiger partial charge on any atom is -0.231 e. The number of thiazole rings is 1. The molecule has 0 spiro atoms. The molecule has 0 aliphatic carbocycles. The molecule has 0 N–H and O–H groups in total. The summed E-state index contributed by atoms with van der Waals surface area (Å²) in [5.74, 6) is -0.238. The highest BCUT2D eigenvalue weighted by Gasteiger charge is 2.31. The number of aromatic nitrogens is 1. The van der Waals surface area contributed by atoms with Gasteiger partial charge < -0.3 is 0 Å². The molecule has 0 unspecified atom stereocenters. The summed E-state index contributed by atoms with van der Waals surface area (Å²) in [5.41, 5.74) is 5.10. The van der Waals surface area contributed by atoms with E-state index in [1.807, 2.05) is 47.5 Å². The molecule has 2 heterocycles. The fourth-order valence-corrected chi connectivity index (χ4v) is 4.66. The molecule has 4 aromatic rings. The molecule has 5 rings (SSSR count). The van der Waals surface area contributed by atoms with Crippen LogP contribution in [-0.2, 0) is 0 Å². The number of anilines is 1. The van der Waals surface area contributed by atoms with Crippen molar-refractivity contribution in [3.8, 4) is 11.3 Å². The lowest BCUT2D eigenvalue weighted by Crippen LogP contribution is -2.18. The predicted molar refractivity (Wildman–Crippen MR) is 124 cm³/mol. The summed E-state index contributed by atoms with van der Waals surface area (Å²) in [4.78, 5) is 4.85. The Morgan fingerprint density at radius 1 is 0.900 bits per heavy atom. The maximum Gasteiger partial charge on any atom is 0.207 e. The molecule has 0 fully saturated rings. The molecular formula is C24H17BrFN3S. The summed E-state index contributed by atoms with van der Waals surface area (Å²) in [6.45, 7) is 0. The van der Waals surface area contributed by atoms with Crippen molar-refractivity contribution in [2.45, 2.75) is 12.5 Å². The van der Waals surface area contributed by atoms with Crippen LogP contribution in [-0.4, -0.2) is 10.7 Å². The number of hydrazone groups is 1. The van der Waals surface area contributed by atoms with Crippen molar-refractivity contribution >= 4 is 38.1 Å². The number of hydrogen-bond acceptors (Lipinski definition) is 4. The molecule has 1 aliphatic heterocycles. The van der Waals surface area contributed by atoms with Crippen molar-refractivity contribution < 1.29 is 4.39 Å². The normalized spacial score (nSPS) is 16.0. The average Bonchev–Trinajstić information content (AvgIpc) is 3.43. The minimum absolute atomic E-state index is 0.0287. The van der Waals surface area contributed by atoms with E-state index in [4.69, 9.17) is 10.1 Å². The summed E-state index contributed by atoms with van der Waals surface area (Å²) < 4.78 is 14.5. The maximum absolute atomic E-state index is 13.5. The predicted octanol–water partition coefficient (Wildman–Crippen LogP) is 7.07. The number of benzene rings is 3. The molecule has 30 heavy (non-hydrogen) atoms. The molecule has 0 saturated carbocycles. The van der Waals surface area contributed by atoms with Crippen LogP contribution in [0.25, 0.3) is 11.3 Å². The quantitative estimate of drug-likeness (QED) is 0.314. The van der Waals surface area contributed by atoms with Gasteiger partial charge in [0.1, 0.15) is 5.82 Å². The molecule has 6 heteroatoms. The van der Waals surface area contributed by atoms with Crippen LogP contribution in [0.15, 0.2) is 93.8 Å². The van der Waals surface area contributed by atoms with E-state index in [9.17, 15) is 4.39 Å². The van der Waals surface area contributed by atoms with E-state index in [-0.39, 0.29) is 11.9 Å². The van der Waals surface area contributed by atoms with Crippen molar-refractivity contribution in [2.24, 2.45) is 5.10 Å². The first kappa shape index (κ1) is 19.2. The molecular weight excluding hydrogens is 461 g/mol. The molecule has 1 aliphatic rings. The SMILES string of the molecule is Fc1ccc([C@@H]2CC(c3ccc(Br)cc3)=NN2c2nc(-c3ccccc3)cs2)cc1. The zero-order valence-corrected chi connectivity index (χ0v) is 18.3. The molecule has 1 atom stereocenters. The van der Waals surface area contributed by atoms with Gasteiger partial charge in [-0.3, -0.25) is 0 Å². The summed E-state index contributed by atoms with van der Waals surface area (Å²) >= 11 is 5.06. The van der Waals surface area contributed by atoms with Crippen LogP contribution in [0, 0.1) is 5.82 Å². The van der Waals surface area contributed by atoms with Crippen LogP contribution in [0.5, 0.6) is 0 Å². The van der Waals surface area contributed by atoms with E-state index in [2.05, 4.69) is 45.6 Å². The van der Waals surface area contributed by atoms with Gasteiger partial charge in [0.25, 0.3) is 0 Å². The molecule has 0 saturated heterocycles. The first-order valence-corrected chi connectivity index (χ1v) is 11.2. The third-order valence-electron chi connectivity index (χ3n) is 5.10. The topological polar surface area (TPSA) is 28.5 Å². The summed E-state index contributed by atoms with van der Waals surface area (Å²) in [5, 5.41) is 9.79. The van der Waals surface area contributed by atoms with Crippen molar-refractivity contribution in [3.63, 3.8) is 0 Å². The number of hydrogen-bond donors (Lipinski definition) is 0. The van der Waals surface area contributed by atoms with Gasteiger partial charge in [-0.2, -0.15) is 5.10 Å². The lowest BCUT2D eigenvalue weighted by molar-refractivity contribution is 0.624. The summed E-state index contributed by atoms with van der Waals surface area (Å²) in [7, 11) is 0. The standard InChI is InChI=1S/C24H17BrFN3S/c25-19-10-6-17(7-11-19)21-14-23(18-8-12-20(26)13-9-18)29(28-21)24-27-22(15-30-24)16-4-2-1-3-5-16/h1-13,15,23H,14H2/t23-/m0/s1. The number of halogens is 2. The van der Waals surface area contributed by atoms with Gasteiger partial charge in [-0.05, 0) is 35.4 Å². The molecule has 3 nitrogen and oxygen atoms in total. The monoisotopic (exact) mass is 477 g/mol. The number of nitrogens with zero attached hydrogens (tertiary/aromatic N) is 3. The van der Waals surface area contributed by atoms with Gasteiger partial charge in [0.05, 0.1) is 17.4 Å². The Bertz CT molecular complexity index is 1190. The van der Waals surface area contributed by atoms with Gasteiger partial charge in [0, 0.05) is 21.8 Å². The van der Waals surface area contributed by atoms with Gasteiger partial charge in [-0.25, -0.2) is 14.4 Å². The van der Waals surface area contributed by atoms with Crippen LogP contribution in [0.4, 0.5) is 9.52 Å². The highest BCUT2D eigenvalue weighted by Crippen LogP contribution is 2.39. The van der Waals surface area contributed by atoms with Gasteiger partial charge in [-0.1, -0.05) is 70.5 Å². The summed E-state index contributed by atoms with van der Waals surface area (Å²) in [6, 6.07) is 24.9. The zero-order valence-electron chi connectivity index (χ0n) is 15.9. The Kier molecular flexibility index (Phi) is 5.19. The molecule has 0 radical (unpaired) electrons. The smallest absolute Gasteiger partial charge is 0.207 e. The zero-order chi connectivity index (χ0) is 20.5. The van der Waals surface area contributed by atoms with Crippen LogP contribution < -0.4 is 5.01 Å². The highest BCUT2D eigenvalue weighted by molar-refractivity contribution is 9.10. The van der Waals surface area contributed by atoms with E-state index >= 15 is 0 Å². The van der Waals surface area contributed by atoms with Crippen molar-refractivity contribution in [1.82, 2.24) is 4.98 Å². The highest BCUT2D eigenvalue weighted by atomic mass is 79.9. The Morgan fingerprint density at radius 2 is 1.63 bits per heavy atom. The van der Waals surface area contributed by atoms with Crippen LogP contribution in [0.2, 0.25) is 0 Å². The Hall–Kier alpha value is -2.83. The lowest BCUT2D eigenvalue weighted by Gasteiger charge is -2.21. The van der Waals surface area contributed by atoms with Crippen molar-refractivity contribution in [1.29, 1.82) is 0 Å². The van der Waals surface area contributed by atoms with Crippen LogP contribution in [0.3, 0.4) is 0 Å².